The van der Waals surface area contributed by atoms with Crippen LogP contribution in [0.4, 0.5) is 0 Å². The number of aryl methyl sites for hydroxylation is 2. The number of rotatable bonds is 5. The van der Waals surface area contributed by atoms with Crippen molar-refractivity contribution in [1.82, 2.24) is 14.9 Å². The molecule has 7 heteroatoms. The van der Waals surface area contributed by atoms with Gasteiger partial charge in [0.2, 0.25) is 5.91 Å². The van der Waals surface area contributed by atoms with E-state index in [0.29, 0.717) is 28.9 Å². The lowest BCUT2D eigenvalue weighted by Gasteiger charge is -2.32. The monoisotopic (exact) mass is 460 g/mol. The molecule has 0 aliphatic heterocycles. The summed E-state index contributed by atoms with van der Waals surface area (Å²) in [6.45, 7) is 5.77. The molecule has 170 valence electrons. The smallest absolute Gasteiger partial charge is 0.266 e. The van der Waals surface area contributed by atoms with Crippen LogP contribution >= 0.6 is 11.8 Å². The van der Waals surface area contributed by atoms with E-state index in [9.17, 15) is 14.9 Å². The molecule has 1 N–H and O–H groups in total. The molecule has 33 heavy (non-hydrogen) atoms. The van der Waals surface area contributed by atoms with E-state index < -0.39 is 10.8 Å². The van der Waals surface area contributed by atoms with Crippen molar-refractivity contribution in [1.29, 1.82) is 5.26 Å². The summed E-state index contributed by atoms with van der Waals surface area (Å²) in [4.78, 5) is 31.3. The predicted octanol–water partition coefficient (Wildman–Crippen LogP) is 4.83. The van der Waals surface area contributed by atoms with Gasteiger partial charge in [-0.2, -0.15) is 5.26 Å². The van der Waals surface area contributed by atoms with Gasteiger partial charge in [0.25, 0.3) is 5.56 Å². The van der Waals surface area contributed by atoms with Crippen LogP contribution in [0.2, 0.25) is 0 Å². The quantitative estimate of drug-likeness (QED) is 0.435. The molecular weight excluding hydrogens is 432 g/mol. The SMILES string of the molecule is Cc1cc(C)cc(-n2c(S[C@@H](C)C(=O)NC3(C#N)CCCCC3)nc3ccccc3c2=O)c1. The van der Waals surface area contributed by atoms with Gasteiger partial charge >= 0.3 is 0 Å². The maximum absolute atomic E-state index is 13.5. The van der Waals surface area contributed by atoms with Gasteiger partial charge in [-0.15, -0.1) is 0 Å². The van der Waals surface area contributed by atoms with Crippen LogP contribution in [0.5, 0.6) is 0 Å². The maximum Gasteiger partial charge on any atom is 0.266 e. The molecule has 4 rings (SSSR count). The van der Waals surface area contributed by atoms with Crippen molar-refractivity contribution in [3.63, 3.8) is 0 Å². The van der Waals surface area contributed by atoms with Gasteiger partial charge in [-0.1, -0.05) is 49.2 Å². The fourth-order valence-electron chi connectivity index (χ4n) is 4.47. The molecule has 1 saturated carbocycles. The largest absolute Gasteiger partial charge is 0.337 e. The lowest BCUT2D eigenvalue weighted by molar-refractivity contribution is -0.121. The average molecular weight is 461 g/mol. The highest BCUT2D eigenvalue weighted by molar-refractivity contribution is 8.00. The number of benzene rings is 2. The zero-order valence-corrected chi connectivity index (χ0v) is 20.0. The van der Waals surface area contributed by atoms with E-state index in [4.69, 9.17) is 4.98 Å². The Morgan fingerprint density at radius 2 is 1.82 bits per heavy atom. The van der Waals surface area contributed by atoms with Crippen LogP contribution in [0.1, 0.15) is 50.2 Å². The second-order valence-electron chi connectivity index (χ2n) is 8.90. The van der Waals surface area contributed by atoms with Crippen molar-refractivity contribution in [2.75, 3.05) is 0 Å². The fourth-order valence-corrected chi connectivity index (χ4v) is 5.39. The highest BCUT2D eigenvalue weighted by Crippen LogP contribution is 2.30. The van der Waals surface area contributed by atoms with Gasteiger partial charge in [0, 0.05) is 0 Å². The molecule has 1 atom stereocenters. The number of para-hydroxylation sites is 1. The third kappa shape index (κ3) is 4.81. The Morgan fingerprint density at radius 1 is 1.15 bits per heavy atom. The van der Waals surface area contributed by atoms with Gasteiger partial charge in [0.05, 0.1) is 27.9 Å². The number of nitriles is 1. The van der Waals surface area contributed by atoms with E-state index in [1.807, 2.05) is 44.2 Å². The summed E-state index contributed by atoms with van der Waals surface area (Å²) in [6, 6.07) is 15.5. The first-order chi connectivity index (χ1) is 15.8. The normalized spacial score (nSPS) is 16.2. The summed E-state index contributed by atoms with van der Waals surface area (Å²) < 4.78 is 1.59. The number of nitrogens with zero attached hydrogens (tertiary/aromatic N) is 3. The van der Waals surface area contributed by atoms with Gasteiger partial charge in [-0.05, 0) is 69.0 Å². The second-order valence-corrected chi connectivity index (χ2v) is 10.2. The molecule has 2 aromatic carbocycles. The Balaban J connectivity index is 1.73. The number of hydrogen-bond donors (Lipinski definition) is 1. The zero-order chi connectivity index (χ0) is 23.6. The molecule has 0 spiro atoms. The average Bonchev–Trinajstić information content (AvgIpc) is 2.79. The van der Waals surface area contributed by atoms with Crippen LogP contribution in [-0.2, 0) is 4.79 Å². The Bertz CT molecular complexity index is 1280. The van der Waals surface area contributed by atoms with Crippen molar-refractivity contribution in [3.8, 4) is 11.8 Å². The molecule has 0 saturated heterocycles. The van der Waals surface area contributed by atoms with Crippen LogP contribution in [-0.4, -0.2) is 26.2 Å². The van der Waals surface area contributed by atoms with E-state index in [-0.39, 0.29) is 11.5 Å². The second kappa shape index (κ2) is 9.40. The minimum absolute atomic E-state index is 0.165. The first-order valence-electron chi connectivity index (χ1n) is 11.3. The first kappa shape index (κ1) is 23.1. The summed E-state index contributed by atoms with van der Waals surface area (Å²) in [6.07, 6.45) is 4.32. The molecule has 0 radical (unpaired) electrons. The number of carbonyl (C=O) groups excluding carboxylic acids is 1. The number of fused-ring (bicyclic) bond motifs is 1. The van der Waals surface area contributed by atoms with E-state index in [2.05, 4.69) is 17.5 Å². The van der Waals surface area contributed by atoms with Gasteiger partial charge < -0.3 is 5.32 Å². The highest BCUT2D eigenvalue weighted by atomic mass is 32.2. The van der Waals surface area contributed by atoms with Crippen LogP contribution in [0.25, 0.3) is 16.6 Å². The Hall–Kier alpha value is -3.11. The highest BCUT2D eigenvalue weighted by Gasteiger charge is 2.35. The number of hydrogen-bond acceptors (Lipinski definition) is 5. The Kier molecular flexibility index (Phi) is 6.57. The van der Waals surface area contributed by atoms with Gasteiger partial charge in [-0.3, -0.25) is 14.2 Å². The van der Waals surface area contributed by atoms with Gasteiger partial charge in [0.15, 0.2) is 5.16 Å². The zero-order valence-electron chi connectivity index (χ0n) is 19.2. The standard InChI is InChI=1S/C26H28N4O2S/c1-17-13-18(2)15-20(14-17)30-24(32)21-9-5-6-10-22(21)28-25(30)33-19(3)23(31)29-26(16-27)11-7-4-8-12-26/h5-6,9-10,13-15,19H,4,7-8,11-12H2,1-3H3,(H,29,31)/t19-/m0/s1. The Labute approximate surface area is 198 Å². The molecule has 1 fully saturated rings. The molecule has 1 aliphatic carbocycles. The van der Waals surface area contributed by atoms with Crippen molar-refractivity contribution >= 4 is 28.6 Å². The van der Waals surface area contributed by atoms with E-state index >= 15 is 0 Å². The van der Waals surface area contributed by atoms with Crippen LogP contribution < -0.4 is 10.9 Å². The molecule has 1 heterocycles. The van der Waals surface area contributed by atoms with Crippen LogP contribution in [0.15, 0.2) is 52.4 Å². The molecule has 0 bridgehead atoms. The summed E-state index contributed by atoms with van der Waals surface area (Å²) in [5.41, 5.74) is 2.45. The van der Waals surface area contributed by atoms with Crippen molar-refractivity contribution in [3.05, 3.63) is 63.9 Å². The van der Waals surface area contributed by atoms with Crippen LogP contribution in [0, 0.1) is 25.2 Å². The predicted molar refractivity (Wildman–Crippen MR) is 132 cm³/mol. The summed E-state index contributed by atoms with van der Waals surface area (Å²) in [7, 11) is 0. The molecule has 1 aliphatic rings. The Morgan fingerprint density at radius 3 is 2.48 bits per heavy atom. The topological polar surface area (TPSA) is 87.8 Å². The van der Waals surface area contributed by atoms with Crippen molar-refractivity contribution in [2.24, 2.45) is 0 Å². The lowest BCUT2D eigenvalue weighted by Crippen LogP contribution is -2.51. The summed E-state index contributed by atoms with van der Waals surface area (Å²) >= 11 is 1.24. The molecule has 1 aromatic heterocycles. The summed E-state index contributed by atoms with van der Waals surface area (Å²) in [5, 5.41) is 13.2. The van der Waals surface area contributed by atoms with E-state index in [1.165, 1.54) is 11.8 Å². The first-order valence-corrected chi connectivity index (χ1v) is 12.2. The fraction of sp³-hybridized carbons (Fsp3) is 0.385. The van der Waals surface area contributed by atoms with Crippen LogP contribution in [0.3, 0.4) is 0 Å². The maximum atomic E-state index is 13.5. The minimum atomic E-state index is -0.797. The number of aromatic nitrogens is 2. The van der Waals surface area contributed by atoms with Crippen molar-refractivity contribution in [2.45, 2.75) is 68.8 Å². The van der Waals surface area contributed by atoms with Crippen molar-refractivity contribution < 1.29 is 4.79 Å². The summed E-state index contributed by atoms with van der Waals surface area (Å²) in [5.74, 6) is -0.210. The van der Waals surface area contributed by atoms with Gasteiger partial charge in [0.1, 0.15) is 5.54 Å². The number of nitrogens with one attached hydrogen (secondary N) is 1. The minimum Gasteiger partial charge on any atom is -0.337 e. The third-order valence-corrected chi connectivity index (χ3v) is 7.20. The molecule has 6 nitrogen and oxygen atoms in total. The molecule has 1 amide bonds. The van der Waals surface area contributed by atoms with E-state index in [1.54, 1.807) is 17.6 Å². The molecular formula is C26H28N4O2S. The third-order valence-electron chi connectivity index (χ3n) is 6.14. The number of thioether (sulfide) groups is 1. The molecule has 0 unspecified atom stereocenters. The molecule has 3 aromatic rings. The lowest BCUT2D eigenvalue weighted by atomic mass is 9.83. The van der Waals surface area contributed by atoms with E-state index in [0.717, 1.165) is 36.1 Å². The number of carbonyl (C=O) groups is 1. The van der Waals surface area contributed by atoms with Gasteiger partial charge in [-0.25, -0.2) is 4.98 Å². The number of amides is 1.